The highest BCUT2D eigenvalue weighted by molar-refractivity contribution is 5.90. The van der Waals surface area contributed by atoms with Crippen LogP contribution in [-0.4, -0.2) is 41.1 Å². The van der Waals surface area contributed by atoms with Crippen LogP contribution >= 0.6 is 0 Å². The van der Waals surface area contributed by atoms with Gasteiger partial charge in [0.05, 0.1) is 12.7 Å². The summed E-state index contributed by atoms with van der Waals surface area (Å²) in [6.07, 6.45) is -5.76. The molecule has 1 atom stereocenters. The van der Waals surface area contributed by atoms with E-state index in [1.165, 1.54) is 17.4 Å². The lowest BCUT2D eigenvalue weighted by atomic mass is 10.0. The molecule has 0 bridgehead atoms. The number of nitrogens with one attached hydrogen (secondary N) is 2. The number of hydrogen-bond donors (Lipinski definition) is 2. The van der Waals surface area contributed by atoms with Gasteiger partial charge in [-0.05, 0) is 11.0 Å². The van der Waals surface area contributed by atoms with Crippen LogP contribution in [0.5, 0.6) is 0 Å². The molecule has 2 rings (SSSR count). The third-order valence-corrected chi connectivity index (χ3v) is 3.43. The molecule has 0 fully saturated rings. The molecular weight excluding hydrogens is 347 g/mol. The molecule has 8 nitrogen and oxygen atoms in total. The van der Waals surface area contributed by atoms with Crippen molar-refractivity contribution in [1.82, 2.24) is 10.3 Å². The van der Waals surface area contributed by atoms with Crippen LogP contribution in [-0.2, 0) is 20.7 Å². The van der Waals surface area contributed by atoms with Gasteiger partial charge in [0.25, 0.3) is 0 Å². The molecule has 1 aromatic carbocycles. The molecule has 0 saturated carbocycles. The highest BCUT2D eigenvalue weighted by atomic mass is 19.4. The molecule has 0 aliphatic heterocycles. The van der Waals surface area contributed by atoms with E-state index in [-0.39, 0.29) is 5.56 Å². The van der Waals surface area contributed by atoms with Gasteiger partial charge in [-0.25, -0.2) is 9.78 Å². The first-order chi connectivity index (χ1) is 11.6. The number of nitrogens with zero attached hydrogens (tertiary/aromatic N) is 1. The lowest BCUT2D eigenvalue weighted by Gasteiger charge is -2.17. The standard InChI is InChI=1S/C14H12F3N3O5/c1-25-12(21)10(19-13(22)14(15,16)17)6-8-7-4-2-3-5-9(7)18-11(8)20(23)24/h2-5,10,18H,6H2,1H3,(H,19,22). The second-order valence-electron chi connectivity index (χ2n) is 5.01. The van der Waals surface area contributed by atoms with E-state index in [9.17, 15) is 32.9 Å². The Balaban J connectivity index is 2.43. The Hall–Kier alpha value is -3.11. The Morgan fingerprint density at radius 2 is 2.00 bits per heavy atom. The van der Waals surface area contributed by atoms with Crippen molar-refractivity contribution in [3.63, 3.8) is 0 Å². The summed E-state index contributed by atoms with van der Waals surface area (Å²) in [4.78, 5) is 35.8. The maximum Gasteiger partial charge on any atom is 0.471 e. The number of ether oxygens (including phenoxy) is 1. The Bertz CT molecular complexity index is 831. The van der Waals surface area contributed by atoms with Crippen molar-refractivity contribution < 1.29 is 32.4 Å². The zero-order valence-electron chi connectivity index (χ0n) is 12.7. The van der Waals surface area contributed by atoms with Gasteiger partial charge in [0.1, 0.15) is 11.6 Å². The number of fused-ring (bicyclic) bond motifs is 1. The molecule has 1 unspecified atom stereocenters. The maximum atomic E-state index is 12.4. The van der Waals surface area contributed by atoms with Gasteiger partial charge in [0.15, 0.2) is 0 Å². The molecule has 2 aromatic rings. The molecule has 25 heavy (non-hydrogen) atoms. The number of halogens is 3. The lowest BCUT2D eigenvalue weighted by Crippen LogP contribution is -2.48. The normalized spacial score (nSPS) is 12.6. The van der Waals surface area contributed by atoms with Crippen molar-refractivity contribution in [2.24, 2.45) is 0 Å². The van der Waals surface area contributed by atoms with E-state index in [0.717, 1.165) is 7.11 Å². The molecule has 0 saturated heterocycles. The first kappa shape index (κ1) is 18.2. The van der Waals surface area contributed by atoms with Gasteiger partial charge in [-0.15, -0.1) is 0 Å². The molecule has 1 amide bonds. The van der Waals surface area contributed by atoms with E-state index < -0.39 is 41.3 Å². The molecule has 11 heteroatoms. The SMILES string of the molecule is COC(=O)C(Cc1c([N+](=O)[O-])[nH]c2ccccc12)NC(=O)C(F)(F)F. The molecule has 2 N–H and O–H groups in total. The van der Waals surface area contributed by atoms with E-state index in [4.69, 9.17) is 0 Å². The van der Waals surface area contributed by atoms with Gasteiger partial charge in [0, 0.05) is 11.8 Å². The number of para-hydroxylation sites is 1. The van der Waals surface area contributed by atoms with Crippen molar-refractivity contribution in [3.8, 4) is 0 Å². The van der Waals surface area contributed by atoms with E-state index in [2.05, 4.69) is 9.72 Å². The van der Waals surface area contributed by atoms with Gasteiger partial charge < -0.3 is 20.2 Å². The number of methoxy groups -OCH3 is 1. The van der Waals surface area contributed by atoms with Crippen LogP contribution in [0.1, 0.15) is 5.56 Å². The van der Waals surface area contributed by atoms with Crippen molar-refractivity contribution in [2.75, 3.05) is 7.11 Å². The van der Waals surface area contributed by atoms with E-state index in [0.29, 0.717) is 10.9 Å². The van der Waals surface area contributed by atoms with Crippen LogP contribution in [0.25, 0.3) is 10.9 Å². The topological polar surface area (TPSA) is 114 Å². The van der Waals surface area contributed by atoms with Crippen LogP contribution in [0.4, 0.5) is 19.0 Å². The quantitative estimate of drug-likeness (QED) is 0.480. The molecule has 134 valence electrons. The number of hydrogen-bond acceptors (Lipinski definition) is 5. The zero-order chi connectivity index (χ0) is 18.8. The number of nitro groups is 1. The molecule has 1 heterocycles. The molecule has 0 spiro atoms. The van der Waals surface area contributed by atoms with Crippen molar-refractivity contribution >= 4 is 28.6 Å². The summed E-state index contributed by atoms with van der Waals surface area (Å²) in [7, 11) is 0.929. The fraction of sp³-hybridized carbons (Fsp3) is 0.286. The fourth-order valence-corrected chi connectivity index (χ4v) is 2.33. The minimum atomic E-state index is -5.21. The lowest BCUT2D eigenvalue weighted by molar-refractivity contribution is -0.389. The number of alkyl halides is 3. The van der Waals surface area contributed by atoms with Gasteiger partial charge >= 0.3 is 23.9 Å². The first-order valence-electron chi connectivity index (χ1n) is 6.84. The number of esters is 1. The smallest absolute Gasteiger partial charge is 0.467 e. The summed E-state index contributed by atoms with van der Waals surface area (Å²) in [6.45, 7) is 0. The summed E-state index contributed by atoms with van der Waals surface area (Å²) in [5.41, 5.74) is 0.355. The second-order valence-corrected chi connectivity index (χ2v) is 5.01. The number of H-pyrrole nitrogens is 1. The van der Waals surface area contributed by atoms with Gasteiger partial charge in [0.2, 0.25) is 0 Å². The monoisotopic (exact) mass is 359 g/mol. The Kier molecular flexibility index (Phi) is 4.95. The summed E-state index contributed by atoms with van der Waals surface area (Å²) < 4.78 is 41.7. The fourth-order valence-electron chi connectivity index (χ4n) is 2.33. The van der Waals surface area contributed by atoms with Crippen LogP contribution in [0.3, 0.4) is 0 Å². The van der Waals surface area contributed by atoms with Crippen LogP contribution in [0.2, 0.25) is 0 Å². The number of carbonyl (C=O) groups is 2. The largest absolute Gasteiger partial charge is 0.471 e. The van der Waals surface area contributed by atoms with E-state index >= 15 is 0 Å². The molecular formula is C14H12F3N3O5. The maximum absolute atomic E-state index is 12.4. The highest BCUT2D eigenvalue weighted by Crippen LogP contribution is 2.29. The number of amides is 1. The van der Waals surface area contributed by atoms with Crippen molar-refractivity contribution in [2.45, 2.75) is 18.6 Å². The summed E-state index contributed by atoms with van der Waals surface area (Å²) in [6, 6.07) is 4.49. The zero-order valence-corrected chi connectivity index (χ0v) is 12.7. The summed E-state index contributed by atoms with van der Waals surface area (Å²) in [5, 5.41) is 13.0. The Morgan fingerprint density at radius 3 is 2.56 bits per heavy atom. The highest BCUT2D eigenvalue weighted by Gasteiger charge is 2.41. The molecule has 1 aromatic heterocycles. The third kappa shape index (κ3) is 3.87. The van der Waals surface area contributed by atoms with Gasteiger partial charge in [-0.2, -0.15) is 13.2 Å². The third-order valence-electron chi connectivity index (χ3n) is 3.43. The minimum absolute atomic E-state index is 0.0153. The molecule has 0 aliphatic rings. The van der Waals surface area contributed by atoms with Crippen LogP contribution < -0.4 is 5.32 Å². The number of aromatic nitrogens is 1. The summed E-state index contributed by atoms with van der Waals surface area (Å²) in [5.74, 6) is -3.97. The first-order valence-corrected chi connectivity index (χ1v) is 6.84. The van der Waals surface area contributed by atoms with Crippen LogP contribution in [0.15, 0.2) is 24.3 Å². The molecule has 0 radical (unpaired) electrons. The van der Waals surface area contributed by atoms with E-state index in [1.807, 2.05) is 0 Å². The number of benzene rings is 1. The Morgan fingerprint density at radius 1 is 1.36 bits per heavy atom. The second kappa shape index (κ2) is 6.79. The van der Waals surface area contributed by atoms with Gasteiger partial charge in [-0.3, -0.25) is 4.79 Å². The van der Waals surface area contributed by atoms with E-state index in [1.54, 1.807) is 12.1 Å². The minimum Gasteiger partial charge on any atom is -0.467 e. The average molecular weight is 359 g/mol. The average Bonchev–Trinajstić information content (AvgIpc) is 2.91. The molecule has 0 aliphatic carbocycles. The summed E-state index contributed by atoms with van der Waals surface area (Å²) >= 11 is 0. The van der Waals surface area contributed by atoms with Crippen molar-refractivity contribution in [3.05, 3.63) is 39.9 Å². The predicted octanol–water partition coefficient (Wildman–Crippen LogP) is 1.84. The van der Waals surface area contributed by atoms with Gasteiger partial charge in [-0.1, -0.05) is 18.2 Å². The predicted molar refractivity (Wildman–Crippen MR) is 78.7 cm³/mol. The van der Waals surface area contributed by atoms with Crippen molar-refractivity contribution in [1.29, 1.82) is 0 Å². The van der Waals surface area contributed by atoms with Crippen LogP contribution in [0, 0.1) is 10.1 Å². The number of aromatic amines is 1. The number of carbonyl (C=O) groups excluding carboxylic acids is 2. The Labute approximate surface area is 138 Å². The number of rotatable bonds is 5.